The van der Waals surface area contributed by atoms with Gasteiger partial charge in [-0.1, -0.05) is 60.7 Å². The number of ether oxygens (including phenoxy) is 1. The van der Waals surface area contributed by atoms with Gasteiger partial charge < -0.3 is 20.3 Å². The van der Waals surface area contributed by atoms with E-state index in [0.717, 1.165) is 34.6 Å². The lowest BCUT2D eigenvalue weighted by molar-refractivity contribution is 0.0693. The van der Waals surface area contributed by atoms with Crippen molar-refractivity contribution >= 4 is 17.7 Å². The Bertz CT molecular complexity index is 1040. The predicted octanol–water partition coefficient (Wildman–Crippen LogP) is 5.43. The van der Waals surface area contributed by atoms with Crippen molar-refractivity contribution < 1.29 is 19.7 Å². The summed E-state index contributed by atoms with van der Waals surface area (Å²) in [6, 6.07) is 23.5. The summed E-state index contributed by atoms with van der Waals surface area (Å²) in [5, 5.41) is 23.4. The number of aliphatic hydroxyl groups excluding tert-OH is 1. The second-order valence-electron chi connectivity index (χ2n) is 8.11. The van der Waals surface area contributed by atoms with Gasteiger partial charge in [-0.15, -0.1) is 11.8 Å². The van der Waals surface area contributed by atoms with Gasteiger partial charge in [0.1, 0.15) is 0 Å². The predicted molar refractivity (Wildman–Crippen MR) is 139 cm³/mol. The molecule has 0 aliphatic carbocycles. The monoisotopic (exact) mass is 479 g/mol. The lowest BCUT2D eigenvalue weighted by Gasteiger charge is -2.20. The maximum Gasteiger partial charge on any atom is 0.336 e. The van der Waals surface area contributed by atoms with Crippen molar-refractivity contribution in [3.8, 4) is 11.1 Å². The maximum absolute atomic E-state index is 11.6. The molecule has 0 aromatic heterocycles. The number of aliphatic hydroxyl groups is 1. The van der Waals surface area contributed by atoms with Gasteiger partial charge in [-0.25, -0.2) is 4.79 Å². The third-order valence-corrected chi connectivity index (χ3v) is 6.70. The first kappa shape index (κ1) is 26.0. The lowest BCUT2D eigenvalue weighted by Crippen LogP contribution is -2.33. The van der Waals surface area contributed by atoms with Crippen molar-refractivity contribution in [2.24, 2.45) is 0 Å². The van der Waals surface area contributed by atoms with Gasteiger partial charge in [0.05, 0.1) is 18.3 Å². The molecule has 180 valence electrons. The van der Waals surface area contributed by atoms with Crippen molar-refractivity contribution in [1.29, 1.82) is 0 Å². The van der Waals surface area contributed by atoms with E-state index < -0.39 is 12.1 Å². The quantitative estimate of drug-likeness (QED) is 0.224. The summed E-state index contributed by atoms with van der Waals surface area (Å²) in [7, 11) is 0. The number of rotatable bonds is 13. The summed E-state index contributed by atoms with van der Waals surface area (Å²) in [5.41, 5.74) is 4.48. The van der Waals surface area contributed by atoms with Crippen LogP contribution in [0.2, 0.25) is 0 Å². The van der Waals surface area contributed by atoms with E-state index in [-0.39, 0.29) is 6.04 Å². The van der Waals surface area contributed by atoms with E-state index in [9.17, 15) is 15.0 Å². The van der Waals surface area contributed by atoms with Crippen LogP contribution < -0.4 is 5.32 Å². The third-order valence-electron chi connectivity index (χ3n) is 5.68. The van der Waals surface area contributed by atoms with Crippen molar-refractivity contribution in [2.75, 3.05) is 25.5 Å². The lowest BCUT2D eigenvalue weighted by atomic mass is 10.0. The molecule has 3 rings (SSSR count). The van der Waals surface area contributed by atoms with Gasteiger partial charge in [-0.3, -0.25) is 0 Å². The van der Waals surface area contributed by atoms with E-state index >= 15 is 0 Å². The molecule has 6 heteroatoms. The molecular formula is C28H33NO4S. The normalized spacial score (nSPS) is 12.9. The van der Waals surface area contributed by atoms with Gasteiger partial charge in [0.25, 0.3) is 0 Å². The van der Waals surface area contributed by atoms with E-state index in [2.05, 4.69) is 29.6 Å². The fourth-order valence-electron chi connectivity index (χ4n) is 3.71. The molecule has 0 fully saturated rings. The highest BCUT2D eigenvalue weighted by Crippen LogP contribution is 2.29. The molecule has 0 aliphatic rings. The van der Waals surface area contributed by atoms with Crippen LogP contribution in [0.3, 0.4) is 0 Å². The van der Waals surface area contributed by atoms with Crippen molar-refractivity contribution in [2.45, 2.75) is 37.3 Å². The molecule has 0 heterocycles. The van der Waals surface area contributed by atoms with Crippen LogP contribution in [-0.2, 0) is 11.2 Å². The molecule has 0 amide bonds. The van der Waals surface area contributed by atoms with Crippen LogP contribution >= 0.6 is 11.8 Å². The van der Waals surface area contributed by atoms with Gasteiger partial charge in [-0.2, -0.15) is 0 Å². The van der Waals surface area contributed by atoms with Gasteiger partial charge in [0.2, 0.25) is 0 Å². The average Bonchev–Trinajstić information content (AvgIpc) is 2.87. The Morgan fingerprint density at radius 3 is 2.41 bits per heavy atom. The average molecular weight is 480 g/mol. The van der Waals surface area contributed by atoms with Crippen molar-refractivity contribution in [3.05, 3.63) is 89.5 Å². The van der Waals surface area contributed by atoms with Crippen LogP contribution in [0.1, 0.15) is 41.4 Å². The highest BCUT2D eigenvalue weighted by molar-refractivity contribution is 7.99. The highest BCUT2D eigenvalue weighted by atomic mass is 32.2. The van der Waals surface area contributed by atoms with Crippen molar-refractivity contribution in [1.82, 2.24) is 5.32 Å². The number of aromatic carboxylic acids is 1. The molecule has 3 aromatic carbocycles. The minimum absolute atomic E-state index is 0.0481. The molecule has 0 saturated heterocycles. The van der Waals surface area contributed by atoms with Gasteiger partial charge in [-0.05, 0) is 61.2 Å². The molecular weight excluding hydrogens is 446 g/mol. The van der Waals surface area contributed by atoms with Crippen molar-refractivity contribution in [3.63, 3.8) is 0 Å². The largest absolute Gasteiger partial charge is 0.478 e. The first-order chi connectivity index (χ1) is 16.5. The number of benzene rings is 3. The van der Waals surface area contributed by atoms with E-state index in [1.807, 2.05) is 56.3 Å². The number of carboxylic acid groups (broad SMARTS) is 1. The Morgan fingerprint density at radius 1 is 1.03 bits per heavy atom. The SMILES string of the molecule is CCOCCSc1cc(-c2ccc(CCN[C@@H](C)[C@@H](O)c3ccccc3)cc2)ccc1C(=O)O. The molecule has 0 spiro atoms. The first-order valence-corrected chi connectivity index (χ1v) is 12.6. The first-order valence-electron chi connectivity index (χ1n) is 11.6. The molecule has 34 heavy (non-hydrogen) atoms. The molecule has 0 radical (unpaired) electrons. The van der Waals surface area contributed by atoms with Crippen LogP contribution in [0.15, 0.2) is 77.7 Å². The summed E-state index contributed by atoms with van der Waals surface area (Å²) in [4.78, 5) is 12.4. The smallest absolute Gasteiger partial charge is 0.336 e. The maximum atomic E-state index is 11.6. The molecule has 2 atom stereocenters. The number of thioether (sulfide) groups is 1. The fraction of sp³-hybridized carbons (Fsp3) is 0.321. The summed E-state index contributed by atoms with van der Waals surface area (Å²) in [6.45, 7) is 5.95. The third kappa shape index (κ3) is 7.43. The number of carbonyl (C=O) groups is 1. The van der Waals surface area contributed by atoms with Crippen LogP contribution in [-0.4, -0.2) is 47.7 Å². The molecule has 0 unspecified atom stereocenters. The Kier molecular flexibility index (Phi) is 10.2. The summed E-state index contributed by atoms with van der Waals surface area (Å²) in [6.07, 6.45) is 0.306. The zero-order valence-corrected chi connectivity index (χ0v) is 20.6. The summed E-state index contributed by atoms with van der Waals surface area (Å²) < 4.78 is 5.38. The molecule has 3 aromatic rings. The second-order valence-corrected chi connectivity index (χ2v) is 9.24. The van der Waals surface area contributed by atoms with Crippen LogP contribution in [0.25, 0.3) is 11.1 Å². The van der Waals surface area contributed by atoms with E-state index in [0.29, 0.717) is 24.5 Å². The van der Waals surface area contributed by atoms with E-state index in [1.54, 1.807) is 6.07 Å². The Hall–Kier alpha value is -2.64. The standard InChI is InChI=1S/C28H33NO4S/c1-3-33-17-18-34-26-19-24(13-14-25(26)28(31)32)22-11-9-21(10-12-22)15-16-29-20(2)27(30)23-7-5-4-6-8-23/h4-14,19-20,27,29-30H,3,15-18H2,1-2H3,(H,31,32)/t20-,27+/m0/s1. The molecule has 0 bridgehead atoms. The van der Waals surface area contributed by atoms with E-state index in [1.165, 1.54) is 17.3 Å². The molecule has 3 N–H and O–H groups in total. The minimum atomic E-state index is -0.917. The molecule has 0 aliphatic heterocycles. The minimum Gasteiger partial charge on any atom is -0.478 e. The molecule has 0 saturated carbocycles. The number of nitrogens with one attached hydrogen (secondary N) is 1. The molecule has 5 nitrogen and oxygen atoms in total. The zero-order chi connectivity index (χ0) is 24.3. The number of hydrogen-bond acceptors (Lipinski definition) is 5. The Morgan fingerprint density at radius 2 is 1.74 bits per heavy atom. The van der Waals surface area contributed by atoms with E-state index in [4.69, 9.17) is 4.74 Å². The van der Waals surface area contributed by atoms with Gasteiger partial charge in [0.15, 0.2) is 0 Å². The summed E-state index contributed by atoms with van der Waals surface area (Å²) in [5.74, 6) is -0.208. The number of hydrogen-bond donors (Lipinski definition) is 3. The van der Waals surface area contributed by atoms with Gasteiger partial charge >= 0.3 is 5.97 Å². The zero-order valence-electron chi connectivity index (χ0n) is 19.7. The van der Waals surface area contributed by atoms with Crippen LogP contribution in [0, 0.1) is 0 Å². The van der Waals surface area contributed by atoms with Crippen LogP contribution in [0.4, 0.5) is 0 Å². The Labute approximate surface area is 206 Å². The second kappa shape index (κ2) is 13.3. The topological polar surface area (TPSA) is 78.8 Å². The fourth-order valence-corrected chi connectivity index (χ4v) is 4.65. The Balaban J connectivity index is 1.58. The number of carboxylic acids is 1. The summed E-state index contributed by atoms with van der Waals surface area (Å²) >= 11 is 1.51. The van der Waals surface area contributed by atoms with Crippen LogP contribution in [0.5, 0.6) is 0 Å². The van der Waals surface area contributed by atoms with Gasteiger partial charge in [0, 0.05) is 23.3 Å². The highest BCUT2D eigenvalue weighted by Gasteiger charge is 2.15.